The Hall–Kier alpha value is -0.260. The molecule has 5 heteroatoms. The Kier molecular flexibility index (Phi) is 5.42. The maximum absolute atomic E-state index is 9.18. The van der Waals surface area contributed by atoms with Gasteiger partial charge in [0.25, 0.3) is 0 Å². The monoisotopic (exact) mass is 248 g/mol. The molecule has 1 aromatic carbocycles. The van der Waals surface area contributed by atoms with Crippen molar-refractivity contribution in [3.8, 4) is 0 Å². The Labute approximate surface area is 97.7 Å². The number of halogens is 1. The van der Waals surface area contributed by atoms with E-state index in [1.54, 1.807) is 18.2 Å². The van der Waals surface area contributed by atoms with Crippen LogP contribution in [0.3, 0.4) is 0 Å². The van der Waals surface area contributed by atoms with Gasteiger partial charge < -0.3 is 15.3 Å². The van der Waals surface area contributed by atoms with Crippen LogP contribution in [0, 0.1) is 0 Å². The number of hydrogen-bond donors (Lipinski definition) is 3. The summed E-state index contributed by atoms with van der Waals surface area (Å²) in [6.45, 7) is -0.340. The van der Waals surface area contributed by atoms with Crippen LogP contribution in [0.15, 0.2) is 23.1 Å². The summed E-state index contributed by atoms with van der Waals surface area (Å²) in [5.74, 6) is 0.394. The molecule has 0 saturated heterocycles. The van der Waals surface area contributed by atoms with Crippen molar-refractivity contribution >= 4 is 23.4 Å². The predicted molar refractivity (Wildman–Crippen MR) is 61.2 cm³/mol. The zero-order valence-corrected chi connectivity index (χ0v) is 9.63. The Morgan fingerprint density at radius 2 is 2.07 bits per heavy atom. The molecule has 3 nitrogen and oxygen atoms in total. The van der Waals surface area contributed by atoms with Crippen molar-refractivity contribution in [2.24, 2.45) is 0 Å². The van der Waals surface area contributed by atoms with E-state index in [0.717, 1.165) is 10.5 Å². The second kappa shape index (κ2) is 6.35. The van der Waals surface area contributed by atoms with Crippen LogP contribution in [-0.2, 0) is 6.61 Å². The number of aliphatic hydroxyl groups excluding tert-OH is 3. The maximum atomic E-state index is 9.18. The van der Waals surface area contributed by atoms with E-state index in [1.165, 1.54) is 11.8 Å². The molecule has 1 aromatic rings. The van der Waals surface area contributed by atoms with E-state index in [1.807, 2.05) is 0 Å². The van der Waals surface area contributed by atoms with Crippen LogP contribution >= 0.6 is 23.4 Å². The van der Waals surface area contributed by atoms with Gasteiger partial charge in [-0.15, -0.1) is 11.8 Å². The van der Waals surface area contributed by atoms with Gasteiger partial charge in [0.1, 0.15) is 0 Å². The van der Waals surface area contributed by atoms with Gasteiger partial charge in [0, 0.05) is 15.7 Å². The lowest BCUT2D eigenvalue weighted by Gasteiger charge is -2.09. The summed E-state index contributed by atoms with van der Waals surface area (Å²) >= 11 is 7.16. The lowest BCUT2D eigenvalue weighted by Crippen LogP contribution is -2.14. The van der Waals surface area contributed by atoms with Crippen molar-refractivity contribution in [3.63, 3.8) is 0 Å². The number of rotatable bonds is 5. The molecule has 0 amide bonds. The molecule has 0 aliphatic heterocycles. The molecule has 0 saturated carbocycles. The first-order chi connectivity index (χ1) is 7.17. The smallest absolute Gasteiger partial charge is 0.0864 e. The minimum atomic E-state index is -0.739. The average Bonchev–Trinajstić information content (AvgIpc) is 2.26. The summed E-state index contributed by atoms with van der Waals surface area (Å²) in [5, 5.41) is 27.5. The summed E-state index contributed by atoms with van der Waals surface area (Å²) < 4.78 is 0. The zero-order valence-electron chi connectivity index (χ0n) is 8.06. The first-order valence-corrected chi connectivity index (χ1v) is 5.84. The summed E-state index contributed by atoms with van der Waals surface area (Å²) in [6, 6.07) is 5.21. The van der Waals surface area contributed by atoms with Gasteiger partial charge in [0.15, 0.2) is 0 Å². The fourth-order valence-electron chi connectivity index (χ4n) is 1.05. The number of aliphatic hydroxyl groups is 3. The molecule has 0 fully saturated rings. The molecule has 84 valence electrons. The molecule has 0 spiro atoms. The van der Waals surface area contributed by atoms with E-state index in [-0.39, 0.29) is 13.2 Å². The van der Waals surface area contributed by atoms with Gasteiger partial charge in [-0.25, -0.2) is 0 Å². The summed E-state index contributed by atoms with van der Waals surface area (Å²) in [7, 11) is 0. The molecule has 1 atom stereocenters. The molecular formula is C10H13ClO3S. The van der Waals surface area contributed by atoms with Gasteiger partial charge in [0.2, 0.25) is 0 Å². The maximum Gasteiger partial charge on any atom is 0.0864 e. The Morgan fingerprint density at radius 3 is 2.67 bits per heavy atom. The number of thioether (sulfide) groups is 1. The standard InChI is InChI=1S/C10H13ClO3S/c11-8-1-2-10(7(3-8)4-12)15-6-9(14)5-13/h1-3,9,12-14H,4-6H2. The highest BCUT2D eigenvalue weighted by Gasteiger charge is 2.07. The molecule has 1 unspecified atom stereocenters. The lowest BCUT2D eigenvalue weighted by molar-refractivity contribution is 0.113. The Bertz CT molecular complexity index is 320. The second-order valence-electron chi connectivity index (χ2n) is 3.06. The lowest BCUT2D eigenvalue weighted by atomic mass is 10.2. The second-order valence-corrected chi connectivity index (χ2v) is 4.56. The highest BCUT2D eigenvalue weighted by atomic mass is 35.5. The van der Waals surface area contributed by atoms with Crippen molar-refractivity contribution in [1.29, 1.82) is 0 Å². The van der Waals surface area contributed by atoms with Gasteiger partial charge in [-0.1, -0.05) is 11.6 Å². The van der Waals surface area contributed by atoms with Crippen LogP contribution in [0.4, 0.5) is 0 Å². The largest absolute Gasteiger partial charge is 0.394 e. The number of benzene rings is 1. The molecule has 0 aliphatic rings. The predicted octanol–water partition coefficient (Wildman–Crippen LogP) is 1.28. The highest BCUT2D eigenvalue weighted by molar-refractivity contribution is 7.99. The molecular weight excluding hydrogens is 236 g/mol. The van der Waals surface area contributed by atoms with Crippen molar-refractivity contribution in [2.75, 3.05) is 12.4 Å². The van der Waals surface area contributed by atoms with E-state index in [4.69, 9.17) is 21.8 Å². The minimum Gasteiger partial charge on any atom is -0.394 e. The van der Waals surface area contributed by atoms with E-state index < -0.39 is 6.10 Å². The highest BCUT2D eigenvalue weighted by Crippen LogP contribution is 2.26. The van der Waals surface area contributed by atoms with Gasteiger partial charge >= 0.3 is 0 Å². The number of hydrogen-bond acceptors (Lipinski definition) is 4. The zero-order chi connectivity index (χ0) is 11.3. The van der Waals surface area contributed by atoms with Crippen LogP contribution in [0.5, 0.6) is 0 Å². The fourth-order valence-corrected chi connectivity index (χ4v) is 2.20. The van der Waals surface area contributed by atoms with Crippen molar-refractivity contribution in [3.05, 3.63) is 28.8 Å². The van der Waals surface area contributed by atoms with Crippen LogP contribution in [0.25, 0.3) is 0 Å². The van der Waals surface area contributed by atoms with Gasteiger partial charge in [-0.3, -0.25) is 0 Å². The van der Waals surface area contributed by atoms with E-state index in [9.17, 15) is 5.11 Å². The van der Waals surface area contributed by atoms with Crippen LogP contribution in [0.2, 0.25) is 5.02 Å². The molecule has 0 bridgehead atoms. The third kappa shape index (κ3) is 4.01. The van der Waals surface area contributed by atoms with Crippen LogP contribution in [-0.4, -0.2) is 33.8 Å². The Balaban J connectivity index is 2.67. The summed E-state index contributed by atoms with van der Waals surface area (Å²) in [5.41, 5.74) is 0.734. The Morgan fingerprint density at radius 1 is 1.33 bits per heavy atom. The molecule has 3 N–H and O–H groups in total. The van der Waals surface area contributed by atoms with Crippen molar-refractivity contribution in [1.82, 2.24) is 0 Å². The first-order valence-electron chi connectivity index (χ1n) is 4.48. The van der Waals surface area contributed by atoms with E-state index >= 15 is 0 Å². The molecule has 0 aliphatic carbocycles. The minimum absolute atomic E-state index is 0.0852. The molecule has 1 rings (SSSR count). The third-order valence-electron chi connectivity index (χ3n) is 1.83. The normalized spacial score (nSPS) is 12.8. The topological polar surface area (TPSA) is 60.7 Å². The van der Waals surface area contributed by atoms with E-state index in [2.05, 4.69) is 0 Å². The van der Waals surface area contributed by atoms with Crippen molar-refractivity contribution < 1.29 is 15.3 Å². The summed E-state index contributed by atoms with van der Waals surface area (Å²) in [6.07, 6.45) is -0.739. The molecule has 0 radical (unpaired) electrons. The van der Waals surface area contributed by atoms with Crippen LogP contribution < -0.4 is 0 Å². The summed E-state index contributed by atoms with van der Waals surface area (Å²) in [4.78, 5) is 0.870. The van der Waals surface area contributed by atoms with Gasteiger partial charge in [0.05, 0.1) is 19.3 Å². The molecule has 15 heavy (non-hydrogen) atoms. The molecule has 0 aromatic heterocycles. The van der Waals surface area contributed by atoms with Gasteiger partial charge in [-0.05, 0) is 23.8 Å². The van der Waals surface area contributed by atoms with E-state index in [0.29, 0.717) is 10.8 Å². The van der Waals surface area contributed by atoms with Gasteiger partial charge in [-0.2, -0.15) is 0 Å². The van der Waals surface area contributed by atoms with Crippen molar-refractivity contribution in [2.45, 2.75) is 17.6 Å². The molecule has 0 heterocycles. The third-order valence-corrected chi connectivity index (χ3v) is 3.33. The van der Waals surface area contributed by atoms with Crippen LogP contribution in [0.1, 0.15) is 5.56 Å². The fraction of sp³-hybridized carbons (Fsp3) is 0.400. The average molecular weight is 249 g/mol. The quantitative estimate of drug-likeness (QED) is 0.687. The first kappa shape index (κ1) is 12.8. The SMILES string of the molecule is OCc1cc(Cl)ccc1SCC(O)CO.